The number of nitrogens with one attached hydrogen (secondary N) is 1. The molecule has 0 spiro atoms. The fourth-order valence-electron chi connectivity index (χ4n) is 2.98. The molecule has 8 heteroatoms. The number of hydrogen-bond donors (Lipinski definition) is 1. The Labute approximate surface area is 165 Å². The minimum atomic E-state index is -0.0409. The first-order valence-corrected chi connectivity index (χ1v) is 10.5. The molecule has 1 fully saturated rings. The third kappa shape index (κ3) is 4.12. The number of thiophene rings is 1. The number of amides is 2. The normalized spacial score (nSPS) is 14.1. The van der Waals surface area contributed by atoms with E-state index in [0.29, 0.717) is 18.7 Å². The van der Waals surface area contributed by atoms with Crippen LogP contribution < -0.4 is 10.2 Å². The van der Waals surface area contributed by atoms with E-state index in [-0.39, 0.29) is 11.8 Å². The van der Waals surface area contributed by atoms with E-state index in [1.54, 1.807) is 11.3 Å². The van der Waals surface area contributed by atoms with Gasteiger partial charge in [0, 0.05) is 30.6 Å². The molecule has 3 heterocycles. The van der Waals surface area contributed by atoms with Crippen LogP contribution in [-0.2, 0) is 16.1 Å². The van der Waals surface area contributed by atoms with E-state index < -0.39 is 0 Å². The number of rotatable bonds is 6. The summed E-state index contributed by atoms with van der Waals surface area (Å²) in [6.45, 7) is 1.25. The zero-order chi connectivity index (χ0) is 18.6. The molecule has 0 bridgehead atoms. The van der Waals surface area contributed by atoms with E-state index in [0.717, 1.165) is 39.5 Å². The highest BCUT2D eigenvalue weighted by Gasteiger charge is 2.21. The molecule has 1 N–H and O–H groups in total. The maximum absolute atomic E-state index is 12.2. The highest BCUT2D eigenvalue weighted by Crippen LogP contribution is 2.27. The lowest BCUT2D eigenvalue weighted by Gasteiger charge is -2.16. The standard InChI is InChI=1S/C19H18N4O2S2/c24-16(11-27-19-15-7-9-26-18(15)21-12-22-19)20-10-13-3-5-14(6-4-13)23-8-1-2-17(23)25/h3-7,9,12H,1-2,8,10-11H2,(H,20,24). The van der Waals surface area contributed by atoms with Gasteiger partial charge in [0.15, 0.2) is 0 Å². The fourth-order valence-corrected chi connectivity index (χ4v) is 4.59. The molecule has 1 aliphatic rings. The van der Waals surface area contributed by atoms with Gasteiger partial charge in [-0.05, 0) is 35.6 Å². The third-order valence-electron chi connectivity index (χ3n) is 4.38. The monoisotopic (exact) mass is 398 g/mol. The van der Waals surface area contributed by atoms with Crippen molar-refractivity contribution in [1.29, 1.82) is 0 Å². The second-order valence-electron chi connectivity index (χ2n) is 6.20. The van der Waals surface area contributed by atoms with Crippen LogP contribution >= 0.6 is 23.1 Å². The Hall–Kier alpha value is -2.45. The number of carbonyl (C=O) groups is 2. The molecule has 0 radical (unpaired) electrons. The lowest BCUT2D eigenvalue weighted by molar-refractivity contribution is -0.119. The summed E-state index contributed by atoms with van der Waals surface area (Å²) in [4.78, 5) is 35.2. The Morgan fingerprint density at radius 2 is 2.07 bits per heavy atom. The van der Waals surface area contributed by atoms with Crippen molar-refractivity contribution in [2.75, 3.05) is 17.2 Å². The first-order valence-electron chi connectivity index (χ1n) is 8.68. The summed E-state index contributed by atoms with van der Waals surface area (Å²) in [5, 5.41) is 6.73. The van der Waals surface area contributed by atoms with Crippen molar-refractivity contribution in [3.8, 4) is 0 Å². The summed E-state index contributed by atoms with van der Waals surface area (Å²) in [5.74, 6) is 0.445. The predicted octanol–water partition coefficient (Wildman–Crippen LogP) is 3.23. The van der Waals surface area contributed by atoms with Gasteiger partial charge in [0.05, 0.1) is 5.75 Å². The van der Waals surface area contributed by atoms with Gasteiger partial charge < -0.3 is 10.2 Å². The number of thioether (sulfide) groups is 1. The average molecular weight is 399 g/mol. The van der Waals surface area contributed by atoms with Crippen LogP contribution in [-0.4, -0.2) is 34.1 Å². The van der Waals surface area contributed by atoms with Crippen LogP contribution in [0.15, 0.2) is 47.1 Å². The molecule has 0 atom stereocenters. The topological polar surface area (TPSA) is 75.2 Å². The van der Waals surface area contributed by atoms with Gasteiger partial charge in [0.25, 0.3) is 0 Å². The maximum atomic E-state index is 12.2. The number of aromatic nitrogens is 2. The van der Waals surface area contributed by atoms with E-state index >= 15 is 0 Å². The smallest absolute Gasteiger partial charge is 0.230 e. The van der Waals surface area contributed by atoms with Gasteiger partial charge in [0.1, 0.15) is 16.2 Å². The number of anilines is 1. The Balaban J connectivity index is 1.29. The Morgan fingerprint density at radius 3 is 2.85 bits per heavy atom. The van der Waals surface area contributed by atoms with Crippen LogP contribution in [0.2, 0.25) is 0 Å². The summed E-state index contributed by atoms with van der Waals surface area (Å²) in [5.41, 5.74) is 1.93. The molecule has 138 valence electrons. The van der Waals surface area contributed by atoms with Crippen LogP contribution in [0.4, 0.5) is 5.69 Å². The van der Waals surface area contributed by atoms with Crippen molar-refractivity contribution in [2.24, 2.45) is 0 Å². The minimum Gasteiger partial charge on any atom is -0.351 e. The molecule has 27 heavy (non-hydrogen) atoms. The summed E-state index contributed by atoms with van der Waals surface area (Å²) in [6.07, 6.45) is 3.07. The predicted molar refractivity (Wildman–Crippen MR) is 108 cm³/mol. The zero-order valence-corrected chi connectivity index (χ0v) is 16.2. The molecule has 2 amide bonds. The van der Waals surface area contributed by atoms with Crippen molar-refractivity contribution in [3.05, 3.63) is 47.6 Å². The largest absolute Gasteiger partial charge is 0.351 e. The van der Waals surface area contributed by atoms with Gasteiger partial charge in [-0.1, -0.05) is 23.9 Å². The van der Waals surface area contributed by atoms with E-state index in [1.807, 2.05) is 40.6 Å². The third-order valence-corrected chi connectivity index (χ3v) is 6.20. The van der Waals surface area contributed by atoms with Crippen LogP contribution in [0.25, 0.3) is 10.2 Å². The zero-order valence-electron chi connectivity index (χ0n) is 14.6. The van der Waals surface area contributed by atoms with Gasteiger partial charge >= 0.3 is 0 Å². The first kappa shape index (κ1) is 17.9. The molecule has 2 aromatic heterocycles. The Morgan fingerprint density at radius 1 is 1.22 bits per heavy atom. The van der Waals surface area contributed by atoms with Gasteiger partial charge in [-0.2, -0.15) is 0 Å². The number of benzene rings is 1. The molecule has 0 unspecified atom stereocenters. The lowest BCUT2D eigenvalue weighted by Crippen LogP contribution is -2.25. The average Bonchev–Trinajstić information content (AvgIpc) is 3.34. The molecule has 0 aliphatic carbocycles. The van der Waals surface area contributed by atoms with Crippen molar-refractivity contribution >= 4 is 50.8 Å². The lowest BCUT2D eigenvalue weighted by atomic mass is 10.2. The van der Waals surface area contributed by atoms with Gasteiger partial charge in [-0.25, -0.2) is 9.97 Å². The molecule has 3 aromatic rings. The Kier molecular flexibility index (Phi) is 5.35. The molecule has 0 saturated carbocycles. The molecule has 1 saturated heterocycles. The Bertz CT molecular complexity index is 971. The molecule has 1 aromatic carbocycles. The summed E-state index contributed by atoms with van der Waals surface area (Å²) >= 11 is 2.98. The molecule has 6 nitrogen and oxygen atoms in total. The number of carbonyl (C=O) groups excluding carboxylic acids is 2. The quantitative estimate of drug-likeness (QED) is 0.510. The minimum absolute atomic E-state index is 0.0409. The number of fused-ring (bicyclic) bond motifs is 1. The van der Waals surface area contributed by atoms with Gasteiger partial charge in [-0.15, -0.1) is 11.3 Å². The SMILES string of the molecule is O=C(CSc1ncnc2sccc12)NCc1ccc(N2CCCC2=O)cc1. The van der Waals surface area contributed by atoms with Crippen molar-refractivity contribution < 1.29 is 9.59 Å². The van der Waals surface area contributed by atoms with E-state index in [2.05, 4.69) is 15.3 Å². The van der Waals surface area contributed by atoms with Gasteiger partial charge in [-0.3, -0.25) is 9.59 Å². The van der Waals surface area contributed by atoms with E-state index in [4.69, 9.17) is 0 Å². The highest BCUT2D eigenvalue weighted by molar-refractivity contribution is 8.00. The van der Waals surface area contributed by atoms with Crippen molar-refractivity contribution in [1.82, 2.24) is 15.3 Å². The van der Waals surface area contributed by atoms with Crippen LogP contribution in [0, 0.1) is 0 Å². The van der Waals surface area contributed by atoms with Crippen LogP contribution in [0.1, 0.15) is 18.4 Å². The molecule has 4 rings (SSSR count). The van der Waals surface area contributed by atoms with E-state index in [9.17, 15) is 9.59 Å². The fraction of sp³-hybridized carbons (Fsp3) is 0.263. The molecular weight excluding hydrogens is 380 g/mol. The highest BCUT2D eigenvalue weighted by atomic mass is 32.2. The molecule has 1 aliphatic heterocycles. The summed E-state index contributed by atoms with van der Waals surface area (Å²) in [6, 6.07) is 9.76. The van der Waals surface area contributed by atoms with Crippen molar-refractivity contribution in [3.63, 3.8) is 0 Å². The first-order chi connectivity index (χ1) is 13.2. The number of hydrogen-bond acceptors (Lipinski definition) is 6. The van der Waals surface area contributed by atoms with E-state index in [1.165, 1.54) is 18.1 Å². The summed E-state index contributed by atoms with van der Waals surface area (Å²) in [7, 11) is 0. The summed E-state index contributed by atoms with van der Waals surface area (Å²) < 4.78 is 0. The second-order valence-corrected chi connectivity index (χ2v) is 8.06. The van der Waals surface area contributed by atoms with Crippen LogP contribution in [0.5, 0.6) is 0 Å². The van der Waals surface area contributed by atoms with Crippen molar-refractivity contribution in [2.45, 2.75) is 24.4 Å². The van der Waals surface area contributed by atoms with Gasteiger partial charge in [0.2, 0.25) is 11.8 Å². The molecular formula is C19H18N4O2S2. The van der Waals surface area contributed by atoms with Crippen LogP contribution in [0.3, 0.4) is 0 Å². The maximum Gasteiger partial charge on any atom is 0.230 e. The number of nitrogens with zero attached hydrogens (tertiary/aromatic N) is 3. The second kappa shape index (κ2) is 8.06.